The Hall–Kier alpha value is -5.49. The summed E-state index contributed by atoms with van der Waals surface area (Å²) in [7, 11) is 0. The molecule has 1 fully saturated rings. The number of aliphatic hydroxyl groups excluding tert-OH is 1. The molecule has 1 amide bonds. The number of allylic oxidation sites excluding steroid dienone is 2. The minimum atomic E-state index is -4.86. The summed E-state index contributed by atoms with van der Waals surface area (Å²) in [5.41, 5.74) is 1.46. The van der Waals surface area contributed by atoms with E-state index >= 15 is 0 Å². The summed E-state index contributed by atoms with van der Waals surface area (Å²) in [5.74, 6) is -0.514. The third-order valence-electron chi connectivity index (χ3n) is 12.7. The second-order valence-corrected chi connectivity index (χ2v) is 17.9. The molecule has 6 aromatic rings. The molecule has 1 heterocycles. The number of carbonyl (C=O) groups is 2. The van der Waals surface area contributed by atoms with Crippen molar-refractivity contribution in [2.24, 2.45) is 5.41 Å². The van der Waals surface area contributed by atoms with E-state index in [2.05, 4.69) is 10.8 Å². The van der Waals surface area contributed by atoms with E-state index in [1.807, 2.05) is 92.7 Å². The highest BCUT2D eigenvalue weighted by molar-refractivity contribution is 7.21. The lowest BCUT2D eigenvalue weighted by atomic mass is 9.64. The van der Waals surface area contributed by atoms with Crippen LogP contribution in [0, 0.1) is 5.41 Å². The Balaban J connectivity index is 1.18. The summed E-state index contributed by atoms with van der Waals surface area (Å²) in [6.07, 6.45) is -0.438. The SMILES string of the molecule is CC1=CCCC2(C)C(CCC2(O)CN(Cc2ccc(OC(F)(F)F)cc2)C(=O)Oc2ccc3ccccc3c2)c2ccc(cc2C(=O)c2cc3ccccc3s2)CC(O)CC1. The molecule has 1 aromatic heterocycles. The van der Waals surface area contributed by atoms with Crippen molar-refractivity contribution in [1.29, 1.82) is 0 Å². The van der Waals surface area contributed by atoms with E-state index in [9.17, 15) is 33.0 Å². The molecule has 3 aliphatic carbocycles. The minimum Gasteiger partial charge on any atom is -0.410 e. The van der Waals surface area contributed by atoms with Crippen LogP contribution < -0.4 is 9.47 Å². The smallest absolute Gasteiger partial charge is 0.410 e. The minimum absolute atomic E-state index is 0.0759. The molecule has 5 aromatic carbocycles. The van der Waals surface area contributed by atoms with Gasteiger partial charge in [-0.15, -0.1) is 24.5 Å². The van der Waals surface area contributed by atoms with Crippen molar-refractivity contribution in [1.82, 2.24) is 4.90 Å². The van der Waals surface area contributed by atoms with E-state index in [1.54, 1.807) is 12.1 Å². The quantitative estimate of drug-likeness (QED) is 0.117. The van der Waals surface area contributed by atoms with Crippen LogP contribution in [0.3, 0.4) is 0 Å². The maximum absolute atomic E-state index is 14.7. The van der Waals surface area contributed by atoms with E-state index in [0.29, 0.717) is 66.7 Å². The van der Waals surface area contributed by atoms with Gasteiger partial charge in [0.1, 0.15) is 11.5 Å². The second kappa shape index (κ2) is 17.1. The average Bonchev–Trinajstić information content (AvgIpc) is 3.77. The number of rotatable bonds is 8. The lowest BCUT2D eigenvalue weighted by molar-refractivity contribution is -0.274. The highest BCUT2D eigenvalue weighted by Crippen LogP contribution is 2.59. The second-order valence-electron chi connectivity index (χ2n) is 16.9. The summed E-state index contributed by atoms with van der Waals surface area (Å²) in [6.45, 7) is 3.86. The van der Waals surface area contributed by atoms with E-state index in [1.165, 1.54) is 40.5 Å². The number of alkyl halides is 3. The van der Waals surface area contributed by atoms with E-state index in [0.717, 1.165) is 37.6 Å². The van der Waals surface area contributed by atoms with Gasteiger partial charge in [0.05, 0.1) is 23.1 Å². The number of carbonyl (C=O) groups excluding carboxylic acids is 2. The molecule has 4 unspecified atom stereocenters. The molecule has 11 heteroatoms. The number of thiophene rings is 1. The number of hydrogen-bond acceptors (Lipinski definition) is 7. The van der Waals surface area contributed by atoms with Gasteiger partial charge in [0, 0.05) is 22.2 Å². The van der Waals surface area contributed by atoms with Gasteiger partial charge in [-0.1, -0.05) is 91.4 Å². The predicted molar refractivity (Wildman–Crippen MR) is 232 cm³/mol. The molecule has 7 nitrogen and oxygen atoms in total. The van der Waals surface area contributed by atoms with Gasteiger partial charge in [0.15, 0.2) is 0 Å². The number of aliphatic hydroxyl groups is 2. The van der Waals surface area contributed by atoms with Gasteiger partial charge < -0.3 is 24.6 Å². The van der Waals surface area contributed by atoms with Gasteiger partial charge in [-0.3, -0.25) is 4.79 Å². The van der Waals surface area contributed by atoms with Crippen molar-refractivity contribution in [3.8, 4) is 11.5 Å². The summed E-state index contributed by atoms with van der Waals surface area (Å²) < 4.78 is 50.2. The van der Waals surface area contributed by atoms with E-state index in [4.69, 9.17) is 4.74 Å². The lowest BCUT2D eigenvalue weighted by Gasteiger charge is -2.46. The Bertz CT molecular complexity index is 2570. The molecule has 61 heavy (non-hydrogen) atoms. The van der Waals surface area contributed by atoms with Crippen molar-refractivity contribution in [3.63, 3.8) is 0 Å². The van der Waals surface area contributed by atoms with Gasteiger partial charge >= 0.3 is 12.5 Å². The number of amides is 1. The van der Waals surface area contributed by atoms with Crippen LogP contribution in [-0.2, 0) is 13.0 Å². The molecule has 316 valence electrons. The normalized spacial score (nSPS) is 22.0. The Labute approximate surface area is 357 Å². The van der Waals surface area contributed by atoms with E-state index in [-0.39, 0.29) is 24.8 Å². The van der Waals surface area contributed by atoms with Crippen molar-refractivity contribution < 1.29 is 42.4 Å². The summed E-state index contributed by atoms with van der Waals surface area (Å²) >= 11 is 1.44. The number of ether oxygens (including phenoxy) is 2. The van der Waals surface area contributed by atoms with Gasteiger partial charge in [-0.05, 0) is 133 Å². The van der Waals surface area contributed by atoms with Crippen LogP contribution in [0.25, 0.3) is 20.9 Å². The molecular formula is C50H48F3NO6S. The third kappa shape index (κ3) is 9.24. The summed E-state index contributed by atoms with van der Waals surface area (Å²) in [4.78, 5) is 31.1. The maximum atomic E-state index is 14.7. The van der Waals surface area contributed by atoms with Gasteiger partial charge in [0.2, 0.25) is 5.78 Å². The summed E-state index contributed by atoms with van der Waals surface area (Å²) in [6, 6.07) is 34.0. The monoisotopic (exact) mass is 847 g/mol. The number of hydrogen-bond donors (Lipinski definition) is 2. The third-order valence-corrected chi connectivity index (χ3v) is 13.8. The van der Waals surface area contributed by atoms with Crippen molar-refractivity contribution in [2.75, 3.05) is 6.54 Å². The zero-order valence-electron chi connectivity index (χ0n) is 34.1. The first-order valence-electron chi connectivity index (χ1n) is 20.7. The molecule has 3 aliphatic rings. The first-order chi connectivity index (χ1) is 29.2. The van der Waals surface area contributed by atoms with Crippen LogP contribution >= 0.6 is 11.3 Å². The highest BCUT2D eigenvalue weighted by Gasteiger charge is 2.58. The number of halogens is 3. The maximum Gasteiger partial charge on any atom is 0.573 e. The number of benzene rings is 5. The predicted octanol–water partition coefficient (Wildman–Crippen LogP) is 11.9. The molecule has 2 N–H and O–H groups in total. The fraction of sp³-hybridized carbons (Fsp3) is 0.320. The first-order valence-corrected chi connectivity index (χ1v) is 21.5. The van der Waals surface area contributed by atoms with Crippen molar-refractivity contribution in [2.45, 2.75) is 89.3 Å². The molecule has 9 rings (SSSR count). The zero-order valence-corrected chi connectivity index (χ0v) is 34.9. The van der Waals surface area contributed by atoms with Crippen LogP contribution in [0.15, 0.2) is 127 Å². The molecule has 0 spiro atoms. The molecule has 4 atom stereocenters. The Morgan fingerprint density at radius 1 is 0.852 bits per heavy atom. The van der Waals surface area contributed by atoms with Crippen LogP contribution in [0.4, 0.5) is 18.0 Å². The Morgan fingerprint density at radius 3 is 2.33 bits per heavy atom. The van der Waals surface area contributed by atoms with E-state index < -0.39 is 35.3 Å². The number of fused-ring (bicyclic) bond motifs is 10. The topological polar surface area (TPSA) is 96.3 Å². The van der Waals surface area contributed by atoms with Gasteiger partial charge in [-0.2, -0.15) is 0 Å². The molecule has 2 bridgehead atoms. The fourth-order valence-electron chi connectivity index (χ4n) is 9.34. The Kier molecular flexibility index (Phi) is 11.8. The van der Waals surface area contributed by atoms with Crippen LogP contribution in [0.5, 0.6) is 11.5 Å². The number of nitrogens with zero attached hydrogens (tertiary/aromatic N) is 1. The molecule has 1 saturated carbocycles. The standard InChI is InChI=1S/C50H48F3NO6S/c1-32-8-7-24-48(2)43(41-22-16-34(26-38(55)18-13-32)27-42(41)46(56)45-29-37-11-5-6-12-44(37)61-45)23-25-49(48,58)31-54(30-33-14-19-39(20-15-33)60-50(51,52)53)47(57)59-40-21-17-35-9-3-4-10-36(35)28-40/h3-6,8-12,14-17,19-22,27-29,38,43,55,58H,7,13,18,23-26,30-31H2,1-2H3. The lowest BCUT2D eigenvalue weighted by Crippen LogP contribution is -2.54. The first kappa shape index (κ1) is 42.2. The van der Waals surface area contributed by atoms with Gasteiger partial charge in [0.25, 0.3) is 0 Å². The Morgan fingerprint density at radius 2 is 1.57 bits per heavy atom. The molecular weight excluding hydrogens is 800 g/mol. The fourth-order valence-corrected chi connectivity index (χ4v) is 10.4. The molecule has 0 radical (unpaired) electrons. The van der Waals surface area contributed by atoms with Crippen molar-refractivity contribution >= 4 is 44.1 Å². The molecule has 0 aliphatic heterocycles. The zero-order chi connectivity index (χ0) is 42.9. The van der Waals surface area contributed by atoms with Crippen LogP contribution in [0.2, 0.25) is 0 Å². The van der Waals surface area contributed by atoms with Crippen LogP contribution in [0.1, 0.15) is 90.2 Å². The largest absolute Gasteiger partial charge is 0.573 e. The van der Waals surface area contributed by atoms with Crippen molar-refractivity contribution in [3.05, 3.63) is 154 Å². The van der Waals surface area contributed by atoms with Gasteiger partial charge in [-0.25, -0.2) is 4.79 Å². The number of ketones is 1. The molecule has 0 saturated heterocycles. The highest BCUT2D eigenvalue weighted by atomic mass is 32.1. The summed E-state index contributed by atoms with van der Waals surface area (Å²) in [5, 5.41) is 27.1. The van der Waals surface area contributed by atoms with Crippen LogP contribution in [-0.4, -0.2) is 51.6 Å². The average molecular weight is 848 g/mol.